The molecule has 0 aromatic heterocycles. The molecule has 1 unspecified atom stereocenters. The Labute approximate surface area is 225 Å². The van der Waals surface area contributed by atoms with E-state index in [9.17, 15) is 13.2 Å². The first-order valence-corrected chi connectivity index (χ1v) is 14.4. The van der Waals surface area contributed by atoms with Crippen LogP contribution in [-0.4, -0.2) is 45.3 Å². The number of carbonyl (C=O) groups excluding carboxylic acids is 1. The van der Waals surface area contributed by atoms with Gasteiger partial charge in [-0.3, -0.25) is 4.79 Å². The Hall–Kier alpha value is -2.53. The van der Waals surface area contributed by atoms with E-state index in [-0.39, 0.29) is 28.6 Å². The van der Waals surface area contributed by atoms with Crippen molar-refractivity contribution in [2.45, 2.75) is 64.4 Å². The monoisotopic (exact) mass is 547 g/mol. The van der Waals surface area contributed by atoms with Crippen LogP contribution in [0.25, 0.3) is 0 Å². The number of rotatable bonds is 11. The highest BCUT2D eigenvalue weighted by Gasteiger charge is 2.28. The Morgan fingerprint density at radius 1 is 1.16 bits per heavy atom. The van der Waals surface area contributed by atoms with Crippen LogP contribution >= 0.6 is 12.2 Å². The quantitative estimate of drug-likeness (QED) is 0.282. The number of benzene rings is 2. The number of hydrogen-bond donors (Lipinski definition) is 3. The van der Waals surface area contributed by atoms with Crippen molar-refractivity contribution in [3.8, 4) is 5.75 Å². The molecule has 1 aliphatic rings. The second kappa shape index (κ2) is 12.8. The molecule has 0 aliphatic carbocycles. The van der Waals surface area contributed by atoms with Crippen LogP contribution in [-0.2, 0) is 19.6 Å². The van der Waals surface area contributed by atoms with Gasteiger partial charge in [0, 0.05) is 24.3 Å². The summed E-state index contributed by atoms with van der Waals surface area (Å²) in [4.78, 5) is 13.0. The van der Waals surface area contributed by atoms with Gasteiger partial charge in [0.15, 0.2) is 5.11 Å². The summed E-state index contributed by atoms with van der Waals surface area (Å²) in [6, 6.07) is 12.3. The molecule has 0 spiro atoms. The fourth-order valence-corrected chi connectivity index (χ4v) is 5.19. The highest BCUT2D eigenvalue weighted by molar-refractivity contribution is 7.89. The van der Waals surface area contributed by atoms with E-state index in [4.69, 9.17) is 21.7 Å². The van der Waals surface area contributed by atoms with Gasteiger partial charge in [0.25, 0.3) is 0 Å². The molecule has 2 aromatic carbocycles. The summed E-state index contributed by atoms with van der Waals surface area (Å²) in [6.45, 7) is 9.21. The van der Waals surface area contributed by atoms with Crippen molar-refractivity contribution < 1.29 is 22.7 Å². The number of carbonyl (C=O) groups is 1. The maximum absolute atomic E-state index is 12.8. The normalized spacial score (nSPS) is 15.8. The Kier molecular flexibility index (Phi) is 10.1. The van der Waals surface area contributed by atoms with E-state index in [1.807, 2.05) is 45.9 Å². The lowest BCUT2D eigenvalue weighted by molar-refractivity contribution is -0.128. The van der Waals surface area contributed by atoms with Crippen LogP contribution in [0, 0.1) is 19.3 Å². The molecule has 1 fully saturated rings. The van der Waals surface area contributed by atoms with E-state index in [2.05, 4.69) is 15.4 Å². The lowest BCUT2D eigenvalue weighted by Gasteiger charge is -2.24. The van der Waals surface area contributed by atoms with E-state index >= 15 is 0 Å². The van der Waals surface area contributed by atoms with E-state index in [1.165, 1.54) is 12.1 Å². The molecule has 3 N–H and O–H groups in total. The van der Waals surface area contributed by atoms with Gasteiger partial charge in [0.1, 0.15) is 5.75 Å². The molecule has 8 nitrogen and oxygen atoms in total. The molecule has 1 atom stereocenters. The van der Waals surface area contributed by atoms with Crippen molar-refractivity contribution in [3.63, 3.8) is 0 Å². The summed E-state index contributed by atoms with van der Waals surface area (Å²) in [7, 11) is -3.64. The molecule has 3 rings (SSSR count). The minimum absolute atomic E-state index is 0.0780. The average Bonchev–Trinajstić information content (AvgIpc) is 3.37. The lowest BCUT2D eigenvalue weighted by Crippen LogP contribution is -2.42. The molecule has 0 bridgehead atoms. The SMILES string of the molecule is Cc1ccc(C)c(OCCCC(C)(C)C(=O)NC(=S)Nc2ccc(S(=O)(=O)NCC3CCCO3)cc2)c1. The van der Waals surface area contributed by atoms with Gasteiger partial charge in [-0.15, -0.1) is 0 Å². The topological polar surface area (TPSA) is 106 Å². The number of amides is 1. The molecule has 1 amide bonds. The second-order valence-corrected chi connectivity index (χ2v) is 12.2. The Bertz CT molecular complexity index is 1190. The Morgan fingerprint density at radius 2 is 1.89 bits per heavy atom. The number of nitrogens with one attached hydrogen (secondary N) is 3. The number of anilines is 1. The molecule has 10 heteroatoms. The number of ether oxygens (including phenoxy) is 2. The summed E-state index contributed by atoms with van der Waals surface area (Å²) in [5, 5.41) is 5.83. The summed E-state index contributed by atoms with van der Waals surface area (Å²) < 4.78 is 39.0. The molecule has 2 aromatic rings. The Morgan fingerprint density at radius 3 is 2.57 bits per heavy atom. The van der Waals surface area contributed by atoms with Crippen molar-refractivity contribution in [2.75, 3.05) is 25.1 Å². The summed E-state index contributed by atoms with van der Waals surface area (Å²) >= 11 is 5.30. The van der Waals surface area contributed by atoms with Gasteiger partial charge in [-0.1, -0.05) is 26.0 Å². The zero-order chi connectivity index (χ0) is 27.1. The molecule has 0 saturated carbocycles. The van der Waals surface area contributed by atoms with E-state index in [0.717, 1.165) is 29.7 Å². The number of sulfonamides is 1. The minimum atomic E-state index is -3.64. The smallest absolute Gasteiger partial charge is 0.240 e. The van der Waals surface area contributed by atoms with Gasteiger partial charge in [0.05, 0.1) is 17.6 Å². The van der Waals surface area contributed by atoms with Crippen LogP contribution in [0.5, 0.6) is 5.75 Å². The van der Waals surface area contributed by atoms with Crippen molar-refractivity contribution >= 4 is 38.9 Å². The zero-order valence-corrected chi connectivity index (χ0v) is 23.6. The molecule has 0 radical (unpaired) electrons. The van der Waals surface area contributed by atoms with Crippen molar-refractivity contribution in [3.05, 3.63) is 53.6 Å². The van der Waals surface area contributed by atoms with Gasteiger partial charge in [0.2, 0.25) is 15.9 Å². The van der Waals surface area contributed by atoms with Crippen molar-refractivity contribution in [1.29, 1.82) is 0 Å². The highest BCUT2D eigenvalue weighted by atomic mass is 32.2. The summed E-state index contributed by atoms with van der Waals surface area (Å²) in [5.74, 6) is 0.666. The maximum Gasteiger partial charge on any atom is 0.240 e. The molecule has 1 aliphatic heterocycles. The second-order valence-electron chi connectivity index (χ2n) is 10.0. The predicted octanol–water partition coefficient (Wildman–Crippen LogP) is 4.46. The first kappa shape index (κ1) is 29.0. The van der Waals surface area contributed by atoms with E-state index in [0.29, 0.717) is 31.7 Å². The third-order valence-corrected chi connectivity index (χ3v) is 7.98. The maximum atomic E-state index is 12.8. The van der Waals surface area contributed by atoms with Crippen LogP contribution in [0.1, 0.15) is 50.7 Å². The molecular weight excluding hydrogens is 510 g/mol. The van der Waals surface area contributed by atoms with Crippen molar-refractivity contribution in [1.82, 2.24) is 10.0 Å². The van der Waals surface area contributed by atoms with Gasteiger partial charge in [-0.2, -0.15) is 0 Å². The van der Waals surface area contributed by atoms with Crippen molar-refractivity contribution in [2.24, 2.45) is 5.41 Å². The molecular formula is C27H37N3O5S2. The highest BCUT2D eigenvalue weighted by Crippen LogP contribution is 2.24. The standard InChI is InChI=1S/C27H37N3O5S2/c1-19-8-9-20(2)24(17-19)35-16-6-14-27(3,4)25(31)30-26(36)29-21-10-12-23(13-11-21)37(32,33)28-18-22-7-5-15-34-22/h8-13,17,22,28H,5-7,14-16,18H2,1-4H3,(H2,29,30,31,36). The number of hydrogen-bond acceptors (Lipinski definition) is 6. The van der Waals surface area contributed by atoms with E-state index < -0.39 is 15.4 Å². The molecule has 37 heavy (non-hydrogen) atoms. The van der Waals surface area contributed by atoms with Crippen LogP contribution in [0.15, 0.2) is 47.4 Å². The van der Waals surface area contributed by atoms with Crippen LogP contribution in [0.4, 0.5) is 5.69 Å². The lowest BCUT2D eigenvalue weighted by atomic mass is 9.87. The molecule has 1 saturated heterocycles. The fourth-order valence-electron chi connectivity index (χ4n) is 3.92. The summed E-state index contributed by atoms with van der Waals surface area (Å²) in [5.41, 5.74) is 2.15. The largest absolute Gasteiger partial charge is 0.493 e. The van der Waals surface area contributed by atoms with Crippen LogP contribution in [0.2, 0.25) is 0 Å². The third-order valence-electron chi connectivity index (χ3n) is 6.34. The van der Waals surface area contributed by atoms with Crippen LogP contribution < -0.4 is 20.1 Å². The minimum Gasteiger partial charge on any atom is -0.493 e. The first-order valence-electron chi connectivity index (χ1n) is 12.5. The molecule has 1 heterocycles. The van der Waals surface area contributed by atoms with Gasteiger partial charge < -0.3 is 20.1 Å². The average molecular weight is 548 g/mol. The zero-order valence-electron chi connectivity index (χ0n) is 21.9. The van der Waals surface area contributed by atoms with Crippen LogP contribution in [0.3, 0.4) is 0 Å². The van der Waals surface area contributed by atoms with E-state index in [1.54, 1.807) is 12.1 Å². The predicted molar refractivity (Wildman–Crippen MR) is 149 cm³/mol. The summed E-state index contributed by atoms with van der Waals surface area (Å²) in [6.07, 6.45) is 3.06. The van der Waals surface area contributed by atoms with Gasteiger partial charge in [-0.25, -0.2) is 13.1 Å². The number of thiocarbonyl (C=S) groups is 1. The van der Waals surface area contributed by atoms with Gasteiger partial charge in [-0.05, 0) is 93.2 Å². The fraction of sp³-hybridized carbons (Fsp3) is 0.481. The number of aryl methyl sites for hydroxylation is 2. The Balaban J connectivity index is 1.44. The molecule has 202 valence electrons. The van der Waals surface area contributed by atoms with Gasteiger partial charge >= 0.3 is 0 Å². The first-order chi connectivity index (χ1) is 17.5. The third kappa shape index (κ3) is 8.77.